The summed E-state index contributed by atoms with van der Waals surface area (Å²) < 4.78 is 27.9. The van der Waals surface area contributed by atoms with Gasteiger partial charge in [-0.2, -0.15) is 4.31 Å². The molecule has 2 fully saturated rings. The molecule has 3 unspecified atom stereocenters. The van der Waals surface area contributed by atoms with Crippen LogP contribution in [-0.2, 0) is 26.8 Å². The van der Waals surface area contributed by atoms with Crippen LogP contribution in [-0.4, -0.2) is 48.3 Å². The molecule has 2 aromatic carbocycles. The van der Waals surface area contributed by atoms with E-state index in [9.17, 15) is 18.0 Å². The molecular formula is C27H33N3O4S2. The number of hydrogen-bond acceptors (Lipinski definition) is 5. The van der Waals surface area contributed by atoms with Gasteiger partial charge in [-0.25, -0.2) is 8.42 Å². The molecule has 2 aromatic rings. The highest BCUT2D eigenvalue weighted by Gasteiger charge is 2.45. The third-order valence-corrected chi connectivity index (χ3v) is 10.1. The van der Waals surface area contributed by atoms with Crippen molar-refractivity contribution in [2.75, 3.05) is 13.1 Å². The van der Waals surface area contributed by atoms with Gasteiger partial charge in [0.15, 0.2) is 0 Å². The molecule has 0 radical (unpaired) electrons. The predicted molar refractivity (Wildman–Crippen MR) is 143 cm³/mol. The van der Waals surface area contributed by atoms with Gasteiger partial charge in [-0.3, -0.25) is 9.59 Å². The van der Waals surface area contributed by atoms with Gasteiger partial charge in [-0.05, 0) is 59.2 Å². The van der Waals surface area contributed by atoms with Crippen molar-refractivity contribution in [1.29, 1.82) is 0 Å². The van der Waals surface area contributed by atoms with Crippen LogP contribution in [0.4, 0.5) is 0 Å². The lowest BCUT2D eigenvalue weighted by molar-refractivity contribution is -0.116. The first-order chi connectivity index (χ1) is 17.0. The maximum absolute atomic E-state index is 13.2. The molecule has 0 saturated carbocycles. The maximum Gasteiger partial charge on any atom is 0.251 e. The summed E-state index contributed by atoms with van der Waals surface area (Å²) in [7, 11) is -3.66. The number of sulfonamides is 1. The highest BCUT2D eigenvalue weighted by Crippen LogP contribution is 2.43. The minimum absolute atomic E-state index is 0.00965. The van der Waals surface area contributed by atoms with E-state index in [-0.39, 0.29) is 38.7 Å². The summed E-state index contributed by atoms with van der Waals surface area (Å²) in [6.07, 6.45) is 1.98. The van der Waals surface area contributed by atoms with Gasteiger partial charge in [0, 0.05) is 30.4 Å². The molecule has 2 amide bonds. The van der Waals surface area contributed by atoms with E-state index in [0.29, 0.717) is 25.2 Å². The van der Waals surface area contributed by atoms with Crippen LogP contribution in [0.2, 0.25) is 0 Å². The third-order valence-electron chi connectivity index (χ3n) is 6.72. The van der Waals surface area contributed by atoms with Crippen molar-refractivity contribution in [1.82, 2.24) is 14.9 Å². The average molecular weight is 528 g/mol. The number of nitrogens with zero attached hydrogens (tertiary/aromatic N) is 1. The van der Waals surface area contributed by atoms with Crippen LogP contribution in [0.1, 0.15) is 48.7 Å². The van der Waals surface area contributed by atoms with Crippen LogP contribution >= 0.6 is 11.8 Å². The Morgan fingerprint density at radius 1 is 1.08 bits per heavy atom. The first kappa shape index (κ1) is 26.4. The number of hydrogen-bond donors (Lipinski definition) is 2. The van der Waals surface area contributed by atoms with Crippen molar-refractivity contribution in [3.63, 3.8) is 0 Å². The third kappa shape index (κ3) is 5.85. The van der Waals surface area contributed by atoms with Crippen molar-refractivity contribution in [2.24, 2.45) is 5.92 Å². The van der Waals surface area contributed by atoms with Crippen molar-refractivity contribution in [3.05, 3.63) is 77.9 Å². The molecule has 2 N–H and O–H groups in total. The molecule has 0 aromatic heterocycles. The van der Waals surface area contributed by atoms with Gasteiger partial charge in [0.2, 0.25) is 15.9 Å². The summed E-state index contributed by atoms with van der Waals surface area (Å²) in [5, 5.41) is 5.93. The van der Waals surface area contributed by atoms with Gasteiger partial charge in [0.1, 0.15) is 0 Å². The molecule has 9 heteroatoms. The van der Waals surface area contributed by atoms with Gasteiger partial charge in [0.05, 0.1) is 10.3 Å². The lowest BCUT2D eigenvalue weighted by Gasteiger charge is -2.19. The zero-order valence-corrected chi connectivity index (χ0v) is 22.5. The summed E-state index contributed by atoms with van der Waals surface area (Å²) in [5.74, 6) is -0.263. The van der Waals surface area contributed by atoms with E-state index in [0.717, 1.165) is 12.0 Å². The SMILES string of the molecule is C=CC(=O)NC1CC2CN(S(=O)(=O)c3ccc(C(=O)NCc4ccc(C(C)(C)C)cc4)cc3)CC2S1. The maximum atomic E-state index is 13.2. The molecule has 36 heavy (non-hydrogen) atoms. The fourth-order valence-electron chi connectivity index (χ4n) is 4.57. The quantitative estimate of drug-likeness (QED) is 0.536. The van der Waals surface area contributed by atoms with Gasteiger partial charge in [-0.15, -0.1) is 11.8 Å². The fraction of sp³-hybridized carbons (Fsp3) is 0.407. The Bertz CT molecular complexity index is 1220. The predicted octanol–water partition coefficient (Wildman–Crippen LogP) is 3.67. The van der Waals surface area contributed by atoms with Crippen LogP contribution in [0.15, 0.2) is 66.1 Å². The second-order valence-corrected chi connectivity index (χ2v) is 13.7. The summed E-state index contributed by atoms with van der Waals surface area (Å²) in [5.41, 5.74) is 2.71. The van der Waals surface area contributed by atoms with Gasteiger partial charge in [0.25, 0.3) is 5.91 Å². The standard InChI is InChI=1S/C27H33N3O4S2/c1-5-24(31)29-25-14-20-16-30(17-23(20)35-25)36(33,34)22-12-8-19(9-13-22)26(32)28-15-18-6-10-21(11-7-18)27(2,3)4/h5-13,20,23,25H,1,14-17H2,2-4H3,(H,28,32)(H,29,31). The van der Waals surface area contributed by atoms with E-state index < -0.39 is 10.0 Å². The lowest BCUT2D eigenvalue weighted by Crippen LogP contribution is -2.33. The highest BCUT2D eigenvalue weighted by atomic mass is 32.2. The Morgan fingerprint density at radius 3 is 2.33 bits per heavy atom. The van der Waals surface area contributed by atoms with E-state index in [2.05, 4.69) is 50.1 Å². The van der Waals surface area contributed by atoms with Gasteiger partial charge >= 0.3 is 0 Å². The van der Waals surface area contributed by atoms with E-state index in [1.165, 1.54) is 28.1 Å². The topological polar surface area (TPSA) is 95.6 Å². The lowest BCUT2D eigenvalue weighted by atomic mass is 9.87. The number of carbonyl (C=O) groups excluding carboxylic acids is 2. The first-order valence-electron chi connectivity index (χ1n) is 12.0. The second-order valence-electron chi connectivity index (χ2n) is 10.3. The molecule has 2 aliphatic heterocycles. The minimum atomic E-state index is -3.66. The normalized spacial score (nSPS) is 22.1. The van der Waals surface area contributed by atoms with Crippen LogP contribution in [0.25, 0.3) is 0 Å². The number of thioether (sulfide) groups is 1. The summed E-state index contributed by atoms with van der Waals surface area (Å²) >= 11 is 1.61. The summed E-state index contributed by atoms with van der Waals surface area (Å²) in [6, 6.07) is 14.3. The number of nitrogens with one attached hydrogen (secondary N) is 2. The number of benzene rings is 2. The molecule has 0 bridgehead atoms. The summed E-state index contributed by atoms with van der Waals surface area (Å²) in [4.78, 5) is 24.3. The Kier molecular flexibility index (Phi) is 7.64. The van der Waals surface area contributed by atoms with Crippen molar-refractivity contribution in [2.45, 2.75) is 54.7 Å². The minimum Gasteiger partial charge on any atom is -0.348 e. The van der Waals surface area contributed by atoms with Crippen molar-refractivity contribution >= 4 is 33.6 Å². The molecule has 192 valence electrons. The molecule has 0 spiro atoms. The number of amides is 2. The van der Waals surface area contributed by atoms with Crippen LogP contribution < -0.4 is 10.6 Å². The molecular weight excluding hydrogens is 494 g/mol. The monoisotopic (exact) mass is 527 g/mol. The summed E-state index contributed by atoms with van der Waals surface area (Å²) in [6.45, 7) is 11.2. The Morgan fingerprint density at radius 2 is 1.75 bits per heavy atom. The van der Waals surface area contributed by atoms with Crippen molar-refractivity contribution < 1.29 is 18.0 Å². The Balaban J connectivity index is 1.33. The van der Waals surface area contributed by atoms with E-state index in [4.69, 9.17) is 0 Å². The Hall–Kier alpha value is -2.62. The molecule has 2 heterocycles. The number of carbonyl (C=O) groups is 2. The molecule has 3 atom stereocenters. The van der Waals surface area contributed by atoms with Gasteiger partial charge < -0.3 is 10.6 Å². The second kappa shape index (κ2) is 10.4. The van der Waals surface area contributed by atoms with Crippen LogP contribution in [0, 0.1) is 5.92 Å². The Labute approximate surface area is 217 Å². The van der Waals surface area contributed by atoms with E-state index >= 15 is 0 Å². The van der Waals surface area contributed by atoms with E-state index in [1.807, 2.05) is 12.1 Å². The van der Waals surface area contributed by atoms with E-state index in [1.54, 1.807) is 23.9 Å². The van der Waals surface area contributed by atoms with Gasteiger partial charge in [-0.1, -0.05) is 51.6 Å². The molecule has 4 rings (SSSR count). The molecule has 2 aliphatic rings. The zero-order chi connectivity index (χ0) is 26.1. The smallest absolute Gasteiger partial charge is 0.251 e. The number of rotatable bonds is 7. The average Bonchev–Trinajstić information content (AvgIpc) is 3.41. The van der Waals surface area contributed by atoms with Crippen LogP contribution in [0.5, 0.6) is 0 Å². The first-order valence-corrected chi connectivity index (χ1v) is 14.4. The van der Waals surface area contributed by atoms with Crippen LogP contribution in [0.3, 0.4) is 0 Å². The number of fused-ring (bicyclic) bond motifs is 1. The molecule has 0 aliphatic carbocycles. The molecule has 2 saturated heterocycles. The van der Waals surface area contributed by atoms with Crippen molar-refractivity contribution in [3.8, 4) is 0 Å². The molecule has 7 nitrogen and oxygen atoms in total. The largest absolute Gasteiger partial charge is 0.348 e. The zero-order valence-electron chi connectivity index (χ0n) is 20.9. The highest BCUT2D eigenvalue weighted by molar-refractivity contribution is 8.00. The fourth-order valence-corrected chi connectivity index (χ4v) is 7.83.